The van der Waals surface area contributed by atoms with Crippen LogP contribution in [-0.2, 0) is 9.53 Å². The Morgan fingerprint density at radius 3 is 2.33 bits per heavy atom. The van der Waals surface area contributed by atoms with E-state index in [1.54, 1.807) is 20.2 Å². The zero-order valence-electron chi connectivity index (χ0n) is 13.4. The molecule has 0 bridgehead atoms. The number of carbonyl (C=O) groups is 2. The first kappa shape index (κ1) is 17.2. The summed E-state index contributed by atoms with van der Waals surface area (Å²) in [6.45, 7) is 1.47. The van der Waals surface area contributed by atoms with E-state index in [1.807, 2.05) is 0 Å². The number of furan rings is 1. The normalized spacial score (nSPS) is 11.6. The molecule has 0 aliphatic heterocycles. The highest BCUT2D eigenvalue weighted by atomic mass is 16.6. The van der Waals surface area contributed by atoms with Crippen molar-refractivity contribution in [3.63, 3.8) is 0 Å². The van der Waals surface area contributed by atoms with Crippen LogP contribution in [0.2, 0.25) is 0 Å². The number of nitro groups is 1. The molecule has 0 unspecified atom stereocenters. The Kier molecular flexibility index (Phi) is 4.98. The fraction of sp³-hybridized carbons (Fsp3) is 0.250. The molecule has 0 fully saturated rings. The average Bonchev–Trinajstić information content (AvgIpc) is 3.04. The predicted octanol–water partition coefficient (Wildman–Crippen LogP) is 2.49. The van der Waals surface area contributed by atoms with Gasteiger partial charge in [0.05, 0.1) is 4.92 Å². The van der Waals surface area contributed by atoms with E-state index < -0.39 is 17.0 Å². The fourth-order valence-corrected chi connectivity index (χ4v) is 1.98. The van der Waals surface area contributed by atoms with Gasteiger partial charge in [0, 0.05) is 31.8 Å². The van der Waals surface area contributed by atoms with Gasteiger partial charge in [-0.25, -0.2) is 4.79 Å². The smallest absolute Gasteiger partial charge is 0.375 e. The maximum absolute atomic E-state index is 12.0. The van der Waals surface area contributed by atoms with Crippen LogP contribution in [0, 0.1) is 10.1 Å². The lowest BCUT2D eigenvalue weighted by atomic mass is 10.1. The molecule has 1 atom stereocenters. The molecule has 2 rings (SSSR count). The summed E-state index contributed by atoms with van der Waals surface area (Å²) in [7, 11) is 3.12. The van der Waals surface area contributed by atoms with Crippen LogP contribution >= 0.6 is 0 Å². The number of benzene rings is 1. The van der Waals surface area contributed by atoms with Crippen molar-refractivity contribution in [3.8, 4) is 11.3 Å². The van der Waals surface area contributed by atoms with Gasteiger partial charge < -0.3 is 14.1 Å². The van der Waals surface area contributed by atoms with Crippen molar-refractivity contribution in [2.24, 2.45) is 0 Å². The summed E-state index contributed by atoms with van der Waals surface area (Å²) in [6, 6.07) is 8.69. The number of hydrogen-bond donors (Lipinski definition) is 0. The van der Waals surface area contributed by atoms with E-state index in [2.05, 4.69) is 0 Å². The molecule has 0 aliphatic rings. The molecular formula is C16H16N2O6. The van der Waals surface area contributed by atoms with E-state index in [9.17, 15) is 19.7 Å². The quantitative estimate of drug-likeness (QED) is 0.473. The van der Waals surface area contributed by atoms with Gasteiger partial charge in [0.25, 0.3) is 11.6 Å². The number of rotatable bonds is 5. The van der Waals surface area contributed by atoms with Crippen LogP contribution in [-0.4, -0.2) is 41.9 Å². The molecule has 1 heterocycles. The second-order valence-corrected chi connectivity index (χ2v) is 5.25. The summed E-state index contributed by atoms with van der Waals surface area (Å²) in [4.78, 5) is 35.1. The Balaban J connectivity index is 2.11. The van der Waals surface area contributed by atoms with Gasteiger partial charge >= 0.3 is 5.97 Å². The van der Waals surface area contributed by atoms with Crippen molar-refractivity contribution in [2.75, 3.05) is 14.1 Å². The van der Waals surface area contributed by atoms with E-state index in [0.717, 1.165) is 0 Å². The highest BCUT2D eigenvalue weighted by Gasteiger charge is 2.22. The number of non-ortho nitro benzene ring substituents is 1. The third-order valence-electron chi connectivity index (χ3n) is 3.24. The zero-order valence-corrected chi connectivity index (χ0v) is 13.4. The highest BCUT2D eigenvalue weighted by molar-refractivity contribution is 5.90. The van der Waals surface area contributed by atoms with Crippen LogP contribution in [0.3, 0.4) is 0 Å². The number of nitro benzene ring substituents is 1. The number of carbonyl (C=O) groups excluding carboxylic acids is 2. The molecule has 0 saturated heterocycles. The summed E-state index contributed by atoms with van der Waals surface area (Å²) in [5.74, 6) is -0.790. The molecular weight excluding hydrogens is 316 g/mol. The van der Waals surface area contributed by atoms with Crippen LogP contribution in [0.25, 0.3) is 11.3 Å². The lowest BCUT2D eigenvalue weighted by Gasteiger charge is -2.16. The molecule has 126 valence electrons. The maximum Gasteiger partial charge on any atom is 0.375 e. The van der Waals surface area contributed by atoms with Crippen molar-refractivity contribution in [1.29, 1.82) is 0 Å². The molecule has 8 heteroatoms. The largest absolute Gasteiger partial charge is 0.449 e. The van der Waals surface area contributed by atoms with Gasteiger partial charge in [0.2, 0.25) is 5.76 Å². The number of nitrogens with zero attached hydrogens (tertiary/aromatic N) is 2. The molecule has 0 radical (unpaired) electrons. The maximum atomic E-state index is 12.0. The van der Waals surface area contributed by atoms with Crippen LogP contribution in [0.5, 0.6) is 0 Å². The predicted molar refractivity (Wildman–Crippen MR) is 84.4 cm³/mol. The summed E-state index contributed by atoms with van der Waals surface area (Å²) in [5, 5.41) is 10.6. The molecule has 0 aliphatic carbocycles. The number of ether oxygens (including phenoxy) is 1. The molecule has 1 aromatic heterocycles. The third kappa shape index (κ3) is 3.78. The SMILES string of the molecule is C[C@@H](OC(=O)c1ccc(-c2ccc([N+](=O)[O-])cc2)o1)C(=O)N(C)C. The van der Waals surface area contributed by atoms with Crippen molar-refractivity contribution in [1.82, 2.24) is 4.90 Å². The molecule has 0 N–H and O–H groups in total. The van der Waals surface area contributed by atoms with Gasteiger partial charge in [-0.3, -0.25) is 14.9 Å². The topological polar surface area (TPSA) is 103 Å². The second-order valence-electron chi connectivity index (χ2n) is 5.25. The molecule has 1 amide bonds. The van der Waals surface area contributed by atoms with Gasteiger partial charge in [-0.1, -0.05) is 0 Å². The summed E-state index contributed by atoms with van der Waals surface area (Å²) >= 11 is 0. The number of esters is 1. The van der Waals surface area contributed by atoms with Crippen LogP contribution < -0.4 is 0 Å². The highest BCUT2D eigenvalue weighted by Crippen LogP contribution is 2.25. The van der Waals surface area contributed by atoms with E-state index in [0.29, 0.717) is 11.3 Å². The Morgan fingerprint density at radius 1 is 1.17 bits per heavy atom. The van der Waals surface area contributed by atoms with Gasteiger partial charge in [-0.05, 0) is 31.2 Å². The molecule has 0 saturated carbocycles. The fourth-order valence-electron chi connectivity index (χ4n) is 1.98. The Labute approximate surface area is 137 Å². The van der Waals surface area contributed by atoms with Crippen molar-refractivity contribution in [2.45, 2.75) is 13.0 Å². The monoisotopic (exact) mass is 332 g/mol. The van der Waals surface area contributed by atoms with E-state index in [4.69, 9.17) is 9.15 Å². The van der Waals surface area contributed by atoms with Crippen molar-refractivity contribution in [3.05, 3.63) is 52.3 Å². The lowest BCUT2D eigenvalue weighted by molar-refractivity contribution is -0.384. The molecule has 0 spiro atoms. The number of likely N-dealkylation sites (N-methyl/N-ethyl adjacent to an activating group) is 1. The number of amides is 1. The average molecular weight is 332 g/mol. The van der Waals surface area contributed by atoms with E-state index in [-0.39, 0.29) is 17.4 Å². The third-order valence-corrected chi connectivity index (χ3v) is 3.24. The standard InChI is InChI=1S/C16H16N2O6/c1-10(15(19)17(2)3)23-16(20)14-9-8-13(24-14)11-4-6-12(7-5-11)18(21)22/h4-10H,1-3H3/t10-/m1/s1. The van der Waals surface area contributed by atoms with Crippen LogP contribution in [0.15, 0.2) is 40.8 Å². The minimum atomic E-state index is -0.930. The first-order valence-corrected chi connectivity index (χ1v) is 7.06. The van der Waals surface area contributed by atoms with E-state index in [1.165, 1.54) is 42.2 Å². The van der Waals surface area contributed by atoms with Crippen molar-refractivity contribution < 1.29 is 23.7 Å². The zero-order chi connectivity index (χ0) is 17.9. The minimum Gasteiger partial charge on any atom is -0.449 e. The Hall–Kier alpha value is -3.16. The second kappa shape index (κ2) is 6.95. The summed E-state index contributed by atoms with van der Waals surface area (Å²) < 4.78 is 10.4. The summed E-state index contributed by atoms with van der Waals surface area (Å²) in [6.07, 6.45) is -0.930. The van der Waals surface area contributed by atoms with Gasteiger partial charge in [0.1, 0.15) is 5.76 Å². The number of hydrogen-bond acceptors (Lipinski definition) is 6. The van der Waals surface area contributed by atoms with Crippen molar-refractivity contribution >= 4 is 17.6 Å². The lowest BCUT2D eigenvalue weighted by Crippen LogP contribution is -2.34. The minimum absolute atomic E-state index is 0.0408. The molecule has 24 heavy (non-hydrogen) atoms. The molecule has 2 aromatic rings. The van der Waals surface area contributed by atoms with Gasteiger partial charge in [-0.15, -0.1) is 0 Å². The van der Waals surface area contributed by atoms with Crippen LogP contribution in [0.4, 0.5) is 5.69 Å². The molecule has 1 aromatic carbocycles. The first-order valence-electron chi connectivity index (χ1n) is 7.06. The van der Waals surface area contributed by atoms with E-state index >= 15 is 0 Å². The van der Waals surface area contributed by atoms with Crippen LogP contribution in [0.1, 0.15) is 17.5 Å². The Bertz CT molecular complexity index is 763. The Morgan fingerprint density at radius 2 is 1.79 bits per heavy atom. The van der Waals surface area contributed by atoms with Gasteiger partial charge in [0.15, 0.2) is 6.10 Å². The summed E-state index contributed by atoms with van der Waals surface area (Å²) in [5.41, 5.74) is 0.540. The first-order chi connectivity index (χ1) is 11.3. The van der Waals surface area contributed by atoms with Gasteiger partial charge in [-0.2, -0.15) is 0 Å². The molecule has 8 nitrogen and oxygen atoms in total.